The Hall–Kier alpha value is -1.38. The number of hydrogen-bond donors (Lipinski definition) is 1. The minimum absolute atomic E-state index is 0.0652. The van der Waals surface area contributed by atoms with E-state index in [0.717, 1.165) is 4.31 Å². The number of esters is 1. The lowest BCUT2D eigenvalue weighted by Crippen LogP contribution is -2.39. The van der Waals surface area contributed by atoms with E-state index >= 15 is 0 Å². The first-order valence-corrected chi connectivity index (χ1v) is 7.93. The van der Waals surface area contributed by atoms with Crippen molar-refractivity contribution >= 4 is 16.0 Å². The standard InChI is InChI=1S/C13H21NO6S/c1-8(2)14(6-7-15)21(17,18)12-10(4)20-9(3)11(12)13(16)19-5/h8,15H,6-7H2,1-5H3. The predicted molar refractivity (Wildman–Crippen MR) is 75.6 cm³/mol. The molecule has 0 radical (unpaired) electrons. The predicted octanol–water partition coefficient (Wildman–Crippen LogP) is 1.07. The number of aryl methyl sites for hydroxylation is 2. The Morgan fingerprint density at radius 2 is 1.90 bits per heavy atom. The van der Waals surface area contributed by atoms with Gasteiger partial charge in [0.25, 0.3) is 0 Å². The Labute approximate surface area is 124 Å². The molecule has 7 nitrogen and oxygen atoms in total. The van der Waals surface area contributed by atoms with Gasteiger partial charge in [-0.05, 0) is 27.7 Å². The number of aliphatic hydroxyl groups is 1. The molecular formula is C13H21NO6S. The molecule has 0 aromatic carbocycles. The van der Waals surface area contributed by atoms with Gasteiger partial charge >= 0.3 is 5.97 Å². The maximum Gasteiger partial charge on any atom is 0.342 e. The molecule has 1 N–H and O–H groups in total. The number of carbonyl (C=O) groups is 1. The molecule has 0 unspecified atom stereocenters. The summed E-state index contributed by atoms with van der Waals surface area (Å²) in [7, 11) is -2.80. The van der Waals surface area contributed by atoms with Crippen LogP contribution in [-0.4, -0.2) is 50.1 Å². The van der Waals surface area contributed by atoms with Crippen molar-refractivity contribution in [3.63, 3.8) is 0 Å². The Balaban J connectivity index is 3.54. The summed E-state index contributed by atoms with van der Waals surface area (Å²) in [5.41, 5.74) is -0.0985. The lowest BCUT2D eigenvalue weighted by Gasteiger charge is -2.25. The van der Waals surface area contributed by atoms with Crippen LogP contribution in [0.5, 0.6) is 0 Å². The molecule has 1 aromatic heterocycles. The van der Waals surface area contributed by atoms with Gasteiger partial charge in [-0.2, -0.15) is 4.31 Å². The second kappa shape index (κ2) is 6.59. The fraction of sp³-hybridized carbons (Fsp3) is 0.615. The highest BCUT2D eigenvalue weighted by atomic mass is 32.2. The average Bonchev–Trinajstić information content (AvgIpc) is 2.69. The highest BCUT2D eigenvalue weighted by Gasteiger charge is 2.36. The summed E-state index contributed by atoms with van der Waals surface area (Å²) in [5, 5.41) is 9.07. The van der Waals surface area contributed by atoms with Crippen LogP contribution < -0.4 is 0 Å². The smallest absolute Gasteiger partial charge is 0.342 e. The Bertz CT molecular complexity index is 617. The molecule has 0 saturated carbocycles. The number of methoxy groups -OCH3 is 1. The van der Waals surface area contributed by atoms with E-state index in [0.29, 0.717) is 0 Å². The van der Waals surface area contributed by atoms with Gasteiger partial charge in [0.1, 0.15) is 22.0 Å². The number of sulfonamides is 1. The van der Waals surface area contributed by atoms with Crippen molar-refractivity contribution in [2.45, 2.75) is 38.6 Å². The molecule has 0 aliphatic rings. The summed E-state index contributed by atoms with van der Waals surface area (Å²) in [6.45, 7) is 5.97. The molecule has 0 spiro atoms. The topological polar surface area (TPSA) is 97.0 Å². The maximum atomic E-state index is 12.8. The van der Waals surface area contributed by atoms with Gasteiger partial charge in [0, 0.05) is 12.6 Å². The van der Waals surface area contributed by atoms with Crippen molar-refractivity contribution < 1.29 is 27.5 Å². The second-order valence-corrected chi connectivity index (χ2v) is 6.67. The Morgan fingerprint density at radius 1 is 1.33 bits per heavy atom. The normalized spacial score (nSPS) is 12.2. The van der Waals surface area contributed by atoms with E-state index < -0.39 is 16.0 Å². The van der Waals surface area contributed by atoms with E-state index in [9.17, 15) is 13.2 Å². The number of nitrogens with zero attached hydrogens (tertiary/aromatic N) is 1. The first-order valence-electron chi connectivity index (χ1n) is 6.49. The molecule has 21 heavy (non-hydrogen) atoms. The van der Waals surface area contributed by atoms with E-state index in [2.05, 4.69) is 4.74 Å². The monoisotopic (exact) mass is 319 g/mol. The molecule has 0 aliphatic heterocycles. The van der Waals surface area contributed by atoms with Gasteiger partial charge in [-0.1, -0.05) is 0 Å². The first-order chi connectivity index (χ1) is 9.68. The molecule has 0 saturated heterocycles. The molecule has 0 amide bonds. The molecule has 8 heteroatoms. The van der Waals surface area contributed by atoms with Gasteiger partial charge in [-0.25, -0.2) is 13.2 Å². The van der Waals surface area contributed by atoms with Crippen LogP contribution in [0, 0.1) is 13.8 Å². The van der Waals surface area contributed by atoms with Crippen molar-refractivity contribution in [2.24, 2.45) is 0 Å². The van der Waals surface area contributed by atoms with Crippen LogP contribution in [0.1, 0.15) is 35.7 Å². The zero-order valence-corrected chi connectivity index (χ0v) is 13.7. The van der Waals surface area contributed by atoms with E-state index in [4.69, 9.17) is 9.52 Å². The number of furan rings is 1. The van der Waals surface area contributed by atoms with E-state index in [1.54, 1.807) is 13.8 Å². The zero-order chi connectivity index (χ0) is 16.4. The summed E-state index contributed by atoms with van der Waals surface area (Å²) >= 11 is 0. The quantitative estimate of drug-likeness (QED) is 0.788. The fourth-order valence-electron chi connectivity index (χ4n) is 2.18. The number of aliphatic hydroxyl groups excluding tert-OH is 1. The highest BCUT2D eigenvalue weighted by molar-refractivity contribution is 7.89. The van der Waals surface area contributed by atoms with Gasteiger partial charge < -0.3 is 14.3 Å². The molecule has 1 heterocycles. The van der Waals surface area contributed by atoms with Crippen molar-refractivity contribution in [3.8, 4) is 0 Å². The molecule has 0 bridgehead atoms. The van der Waals surface area contributed by atoms with Crippen LogP contribution in [-0.2, 0) is 14.8 Å². The van der Waals surface area contributed by atoms with Gasteiger partial charge in [-0.15, -0.1) is 0 Å². The van der Waals surface area contributed by atoms with Crippen molar-refractivity contribution in [1.82, 2.24) is 4.31 Å². The average molecular weight is 319 g/mol. The third-order valence-electron chi connectivity index (χ3n) is 3.06. The number of ether oxygens (including phenoxy) is 1. The third kappa shape index (κ3) is 3.28. The van der Waals surface area contributed by atoms with Gasteiger partial charge in [0.05, 0.1) is 13.7 Å². The van der Waals surface area contributed by atoms with E-state index in [1.165, 1.54) is 21.0 Å². The second-order valence-electron chi connectivity index (χ2n) is 4.84. The van der Waals surface area contributed by atoms with E-state index in [1.807, 2.05) is 0 Å². The Kier molecular flexibility index (Phi) is 5.54. The van der Waals surface area contributed by atoms with Crippen molar-refractivity contribution in [3.05, 3.63) is 17.1 Å². The summed E-state index contributed by atoms with van der Waals surface area (Å²) in [6.07, 6.45) is 0. The van der Waals surface area contributed by atoms with Gasteiger partial charge in [-0.3, -0.25) is 0 Å². The van der Waals surface area contributed by atoms with Crippen LogP contribution in [0.3, 0.4) is 0 Å². The van der Waals surface area contributed by atoms with Crippen LogP contribution in [0.25, 0.3) is 0 Å². The molecule has 1 rings (SSSR count). The summed E-state index contributed by atoms with van der Waals surface area (Å²) in [4.78, 5) is 11.7. The number of carbonyl (C=O) groups excluding carboxylic acids is 1. The van der Waals surface area contributed by atoms with E-state index in [-0.39, 0.29) is 41.2 Å². The summed E-state index contributed by atoms with van der Waals surface area (Å²) in [6, 6.07) is -0.373. The van der Waals surface area contributed by atoms with Crippen molar-refractivity contribution in [1.29, 1.82) is 0 Å². The highest BCUT2D eigenvalue weighted by Crippen LogP contribution is 2.30. The lowest BCUT2D eigenvalue weighted by molar-refractivity contribution is 0.0594. The molecule has 0 fully saturated rings. The minimum Gasteiger partial charge on any atom is -0.465 e. The van der Waals surface area contributed by atoms with Crippen molar-refractivity contribution in [2.75, 3.05) is 20.3 Å². The summed E-state index contributed by atoms with van der Waals surface area (Å²) in [5.74, 6) is -0.460. The molecule has 0 aliphatic carbocycles. The number of hydrogen-bond acceptors (Lipinski definition) is 6. The SMILES string of the molecule is COC(=O)c1c(C)oc(C)c1S(=O)(=O)N(CCO)C(C)C. The zero-order valence-electron chi connectivity index (χ0n) is 12.8. The van der Waals surface area contributed by atoms with Crippen LogP contribution in [0.15, 0.2) is 9.31 Å². The molecule has 1 aromatic rings. The van der Waals surface area contributed by atoms with Crippen LogP contribution >= 0.6 is 0 Å². The van der Waals surface area contributed by atoms with Gasteiger partial charge in [0.2, 0.25) is 10.0 Å². The van der Waals surface area contributed by atoms with Crippen LogP contribution in [0.2, 0.25) is 0 Å². The third-order valence-corrected chi connectivity index (χ3v) is 5.29. The lowest BCUT2D eigenvalue weighted by atomic mass is 10.2. The molecule has 0 atom stereocenters. The molecule has 120 valence electrons. The first kappa shape index (κ1) is 17.7. The maximum absolute atomic E-state index is 12.8. The largest absolute Gasteiger partial charge is 0.465 e. The van der Waals surface area contributed by atoms with Gasteiger partial charge in [0.15, 0.2) is 0 Å². The number of rotatable bonds is 6. The Morgan fingerprint density at radius 3 is 2.33 bits per heavy atom. The minimum atomic E-state index is -3.98. The fourth-order valence-corrected chi connectivity index (χ4v) is 4.19. The molecular weight excluding hydrogens is 298 g/mol. The summed E-state index contributed by atoms with van der Waals surface area (Å²) < 4.78 is 36.6. The van der Waals surface area contributed by atoms with Crippen LogP contribution in [0.4, 0.5) is 0 Å².